The average molecular weight is 331 g/mol. The Balaban J connectivity index is 0.00000441. The molecule has 22 heavy (non-hydrogen) atoms. The molecular formula is C16H27ClN2O3. The molecule has 1 amide bonds. The maximum atomic E-state index is 11.7. The second-order valence-electron chi connectivity index (χ2n) is 4.97. The largest absolute Gasteiger partial charge is 0.497 e. The van der Waals surface area contributed by atoms with Crippen molar-refractivity contribution in [3.05, 3.63) is 23.8 Å². The molecule has 0 saturated carbocycles. The topological polar surface area (TPSA) is 73.6 Å². The zero-order valence-electron chi connectivity index (χ0n) is 13.6. The second-order valence-corrected chi connectivity index (χ2v) is 4.97. The molecule has 0 aliphatic rings. The van der Waals surface area contributed by atoms with E-state index in [1.165, 1.54) is 0 Å². The lowest BCUT2D eigenvalue weighted by atomic mass is 10.1. The van der Waals surface area contributed by atoms with Crippen LogP contribution in [-0.2, 0) is 11.2 Å². The molecule has 6 heteroatoms. The molecule has 0 fully saturated rings. The van der Waals surface area contributed by atoms with E-state index in [0.717, 1.165) is 42.7 Å². The summed E-state index contributed by atoms with van der Waals surface area (Å²) < 4.78 is 10.5. The van der Waals surface area contributed by atoms with Crippen LogP contribution < -0.4 is 20.5 Å². The van der Waals surface area contributed by atoms with Gasteiger partial charge in [-0.05, 0) is 43.0 Å². The van der Waals surface area contributed by atoms with E-state index in [9.17, 15) is 4.79 Å². The zero-order chi connectivity index (χ0) is 15.7. The van der Waals surface area contributed by atoms with Crippen LogP contribution in [0.4, 0.5) is 0 Å². The summed E-state index contributed by atoms with van der Waals surface area (Å²) in [7, 11) is 3.29. The summed E-state index contributed by atoms with van der Waals surface area (Å²) in [4.78, 5) is 11.7. The number of nitrogens with one attached hydrogen (secondary N) is 1. The molecule has 3 N–H and O–H groups in total. The Morgan fingerprint density at radius 3 is 2.64 bits per heavy atom. The minimum Gasteiger partial charge on any atom is -0.497 e. The number of carbonyl (C=O) groups excluding carboxylic acids is 1. The summed E-state index contributed by atoms with van der Waals surface area (Å²) in [6.45, 7) is 2.62. The fraction of sp³-hybridized carbons (Fsp3) is 0.562. The first-order chi connectivity index (χ1) is 10.1. The van der Waals surface area contributed by atoms with Gasteiger partial charge in [-0.15, -0.1) is 12.4 Å². The molecule has 5 nitrogen and oxygen atoms in total. The Kier molecular flexibility index (Phi) is 10.4. The molecule has 0 radical (unpaired) electrons. The quantitative estimate of drug-likeness (QED) is 0.681. The van der Waals surface area contributed by atoms with E-state index in [0.29, 0.717) is 6.54 Å². The monoisotopic (exact) mass is 330 g/mol. The molecule has 1 atom stereocenters. The van der Waals surface area contributed by atoms with Crippen LogP contribution in [0.5, 0.6) is 11.5 Å². The summed E-state index contributed by atoms with van der Waals surface area (Å²) >= 11 is 0. The summed E-state index contributed by atoms with van der Waals surface area (Å²) in [5.74, 6) is 1.57. The fourth-order valence-electron chi connectivity index (χ4n) is 2.14. The van der Waals surface area contributed by atoms with E-state index in [1.807, 2.05) is 25.1 Å². The molecular weight excluding hydrogens is 304 g/mol. The summed E-state index contributed by atoms with van der Waals surface area (Å²) in [5.41, 5.74) is 6.83. The molecule has 0 bridgehead atoms. The predicted molar refractivity (Wildman–Crippen MR) is 91.0 cm³/mol. The number of ether oxygens (including phenoxy) is 2. The van der Waals surface area contributed by atoms with Gasteiger partial charge in [-0.2, -0.15) is 0 Å². The van der Waals surface area contributed by atoms with E-state index in [4.69, 9.17) is 15.2 Å². The highest BCUT2D eigenvalue weighted by molar-refractivity contribution is 5.85. The van der Waals surface area contributed by atoms with Crippen LogP contribution >= 0.6 is 12.4 Å². The number of amides is 1. The van der Waals surface area contributed by atoms with E-state index < -0.39 is 6.04 Å². The van der Waals surface area contributed by atoms with Crippen LogP contribution in [0.1, 0.15) is 31.7 Å². The normalized spacial score (nSPS) is 11.3. The van der Waals surface area contributed by atoms with Crippen molar-refractivity contribution in [1.82, 2.24) is 5.32 Å². The third kappa shape index (κ3) is 6.54. The first-order valence-electron chi connectivity index (χ1n) is 7.36. The highest BCUT2D eigenvalue weighted by Crippen LogP contribution is 2.24. The molecule has 0 aliphatic heterocycles. The van der Waals surface area contributed by atoms with Gasteiger partial charge < -0.3 is 20.5 Å². The summed E-state index contributed by atoms with van der Waals surface area (Å²) in [6.07, 6.45) is 3.27. The van der Waals surface area contributed by atoms with Gasteiger partial charge in [0.15, 0.2) is 0 Å². The molecule has 1 rings (SSSR count). The van der Waals surface area contributed by atoms with E-state index in [2.05, 4.69) is 5.32 Å². The van der Waals surface area contributed by atoms with Crippen molar-refractivity contribution in [1.29, 1.82) is 0 Å². The fourth-order valence-corrected chi connectivity index (χ4v) is 2.14. The standard InChI is InChI=1S/C16H26N2O3.ClH/c1-4-6-14(17)16(19)18-10-5-7-12-11-13(20-2)8-9-15(12)21-3;/h8-9,11,14H,4-7,10,17H2,1-3H3,(H,18,19);1H. The van der Waals surface area contributed by atoms with Gasteiger partial charge in [0.1, 0.15) is 11.5 Å². The lowest BCUT2D eigenvalue weighted by Gasteiger charge is -2.12. The van der Waals surface area contributed by atoms with Gasteiger partial charge in [0.05, 0.1) is 20.3 Å². The van der Waals surface area contributed by atoms with Crippen molar-refractivity contribution in [3.8, 4) is 11.5 Å². The number of hydrogen-bond acceptors (Lipinski definition) is 4. The van der Waals surface area contributed by atoms with Crippen LogP contribution in [0, 0.1) is 0 Å². The molecule has 0 aromatic heterocycles. The van der Waals surface area contributed by atoms with Gasteiger partial charge in [0.2, 0.25) is 5.91 Å². The van der Waals surface area contributed by atoms with Gasteiger partial charge >= 0.3 is 0 Å². The molecule has 0 spiro atoms. The Labute approximate surface area is 139 Å². The van der Waals surface area contributed by atoms with E-state index in [1.54, 1.807) is 14.2 Å². The highest BCUT2D eigenvalue weighted by atomic mass is 35.5. The Bertz CT molecular complexity index is 455. The lowest BCUT2D eigenvalue weighted by molar-refractivity contribution is -0.122. The molecule has 0 aliphatic carbocycles. The molecule has 1 aromatic rings. The van der Waals surface area contributed by atoms with Crippen molar-refractivity contribution in [2.45, 2.75) is 38.6 Å². The SMILES string of the molecule is CCCC(N)C(=O)NCCCc1cc(OC)ccc1OC.Cl. The maximum Gasteiger partial charge on any atom is 0.236 e. The number of halogens is 1. The number of methoxy groups -OCH3 is 2. The molecule has 1 aromatic carbocycles. The number of aryl methyl sites for hydroxylation is 1. The number of nitrogens with two attached hydrogens (primary N) is 1. The van der Waals surface area contributed by atoms with Crippen LogP contribution in [0.3, 0.4) is 0 Å². The molecule has 0 saturated heterocycles. The highest BCUT2D eigenvalue weighted by Gasteiger charge is 2.11. The van der Waals surface area contributed by atoms with Crippen LogP contribution in [0.25, 0.3) is 0 Å². The van der Waals surface area contributed by atoms with Gasteiger partial charge in [0, 0.05) is 6.54 Å². The smallest absolute Gasteiger partial charge is 0.236 e. The predicted octanol–water partition coefficient (Wildman–Crippen LogP) is 2.30. The minimum atomic E-state index is -0.402. The molecule has 0 heterocycles. The minimum absolute atomic E-state index is 0. The van der Waals surface area contributed by atoms with E-state index in [-0.39, 0.29) is 18.3 Å². The first kappa shape index (κ1) is 20.5. The zero-order valence-corrected chi connectivity index (χ0v) is 14.4. The first-order valence-corrected chi connectivity index (χ1v) is 7.36. The van der Waals surface area contributed by atoms with Crippen LogP contribution in [0.15, 0.2) is 18.2 Å². The Morgan fingerprint density at radius 1 is 1.32 bits per heavy atom. The lowest BCUT2D eigenvalue weighted by Crippen LogP contribution is -2.40. The maximum absolute atomic E-state index is 11.7. The van der Waals surface area contributed by atoms with Crippen molar-refractivity contribution in [2.24, 2.45) is 5.73 Å². The number of carbonyl (C=O) groups is 1. The third-order valence-electron chi connectivity index (χ3n) is 3.35. The van der Waals surface area contributed by atoms with Crippen molar-refractivity contribution in [3.63, 3.8) is 0 Å². The number of rotatable bonds is 9. The van der Waals surface area contributed by atoms with Crippen molar-refractivity contribution >= 4 is 18.3 Å². The number of hydrogen-bond donors (Lipinski definition) is 2. The third-order valence-corrected chi connectivity index (χ3v) is 3.35. The van der Waals surface area contributed by atoms with Gasteiger partial charge in [-0.1, -0.05) is 13.3 Å². The van der Waals surface area contributed by atoms with Crippen molar-refractivity contribution in [2.75, 3.05) is 20.8 Å². The van der Waals surface area contributed by atoms with Gasteiger partial charge in [-0.25, -0.2) is 0 Å². The summed E-state index contributed by atoms with van der Waals surface area (Å²) in [6, 6.07) is 5.32. The second kappa shape index (κ2) is 11.2. The Morgan fingerprint density at radius 2 is 2.05 bits per heavy atom. The van der Waals surface area contributed by atoms with Crippen LogP contribution in [-0.4, -0.2) is 32.7 Å². The molecule has 126 valence electrons. The van der Waals surface area contributed by atoms with Crippen LogP contribution in [0.2, 0.25) is 0 Å². The number of benzene rings is 1. The van der Waals surface area contributed by atoms with Gasteiger partial charge in [-0.3, -0.25) is 4.79 Å². The van der Waals surface area contributed by atoms with Crippen molar-refractivity contribution < 1.29 is 14.3 Å². The van der Waals surface area contributed by atoms with E-state index >= 15 is 0 Å². The molecule has 1 unspecified atom stereocenters. The van der Waals surface area contributed by atoms with Gasteiger partial charge in [0.25, 0.3) is 0 Å². The average Bonchev–Trinajstić information content (AvgIpc) is 2.51. The Hall–Kier alpha value is -1.46. The summed E-state index contributed by atoms with van der Waals surface area (Å²) in [5, 5.41) is 2.87.